The zero-order chi connectivity index (χ0) is 18.7. The summed E-state index contributed by atoms with van der Waals surface area (Å²) in [6, 6.07) is 12.1. The number of nitrogens with zero attached hydrogens (tertiary/aromatic N) is 2. The molecule has 26 heavy (non-hydrogen) atoms. The number of benzene rings is 2. The second-order valence-corrected chi connectivity index (χ2v) is 6.95. The van der Waals surface area contributed by atoms with E-state index in [4.69, 9.17) is 12.2 Å². The quantitative estimate of drug-likeness (QED) is 0.360. The Morgan fingerprint density at radius 3 is 2.77 bits per heavy atom. The Kier molecular flexibility index (Phi) is 5.29. The van der Waals surface area contributed by atoms with Gasteiger partial charge in [-0.05, 0) is 18.2 Å². The van der Waals surface area contributed by atoms with Gasteiger partial charge in [0.05, 0.1) is 16.5 Å². The minimum Gasteiger partial charge on any atom is -0.367 e. The minimum absolute atomic E-state index is 0.0557. The van der Waals surface area contributed by atoms with Crippen molar-refractivity contribution in [1.29, 1.82) is 0 Å². The number of hydrogen-bond acceptors (Lipinski definition) is 6. The van der Waals surface area contributed by atoms with Crippen molar-refractivity contribution in [3.63, 3.8) is 0 Å². The van der Waals surface area contributed by atoms with E-state index in [-0.39, 0.29) is 18.3 Å². The average molecular weight is 389 g/mol. The molecule has 2 aromatic rings. The van der Waals surface area contributed by atoms with Crippen molar-refractivity contribution >= 4 is 51.7 Å². The molecule has 3 rings (SSSR count). The van der Waals surface area contributed by atoms with Crippen LogP contribution in [-0.4, -0.2) is 26.7 Å². The largest absolute Gasteiger partial charge is 0.367 e. The SMILES string of the molecule is O=C1/C(=C/c2ccccc2F)SC(=S)N1CNc1cccc([N+](=O)[O-])c1. The van der Waals surface area contributed by atoms with Crippen LogP contribution >= 0.6 is 24.0 Å². The summed E-state index contributed by atoms with van der Waals surface area (Å²) in [7, 11) is 0. The van der Waals surface area contributed by atoms with Crippen molar-refractivity contribution in [2.75, 3.05) is 12.0 Å². The smallest absolute Gasteiger partial charge is 0.271 e. The van der Waals surface area contributed by atoms with Crippen LogP contribution in [0.5, 0.6) is 0 Å². The van der Waals surface area contributed by atoms with Crippen LogP contribution in [0.25, 0.3) is 6.08 Å². The van der Waals surface area contributed by atoms with Gasteiger partial charge in [0, 0.05) is 23.4 Å². The standard InChI is InChI=1S/C17H12FN3O3S2/c18-14-7-2-1-4-11(14)8-15-16(22)20(17(25)26-15)10-19-12-5-3-6-13(9-12)21(23)24/h1-9,19H,10H2/b15-8-. The van der Waals surface area contributed by atoms with Gasteiger partial charge >= 0.3 is 0 Å². The minimum atomic E-state index is -0.498. The molecule has 0 radical (unpaired) electrons. The topological polar surface area (TPSA) is 75.5 Å². The fourth-order valence-electron chi connectivity index (χ4n) is 2.27. The highest BCUT2D eigenvalue weighted by Crippen LogP contribution is 2.32. The lowest BCUT2D eigenvalue weighted by Gasteiger charge is -2.16. The number of nitro benzene ring substituents is 1. The van der Waals surface area contributed by atoms with Gasteiger partial charge in [-0.25, -0.2) is 4.39 Å². The molecule has 0 atom stereocenters. The first kappa shape index (κ1) is 18.0. The van der Waals surface area contributed by atoms with Crippen molar-refractivity contribution in [3.05, 3.63) is 74.9 Å². The zero-order valence-electron chi connectivity index (χ0n) is 13.2. The molecule has 6 nitrogen and oxygen atoms in total. The van der Waals surface area contributed by atoms with E-state index in [0.29, 0.717) is 20.5 Å². The number of rotatable bonds is 5. The number of thioether (sulfide) groups is 1. The molecule has 0 aromatic heterocycles. The molecule has 0 bridgehead atoms. The second-order valence-electron chi connectivity index (χ2n) is 5.27. The maximum atomic E-state index is 13.8. The van der Waals surface area contributed by atoms with Crippen LogP contribution < -0.4 is 5.32 Å². The summed E-state index contributed by atoms with van der Waals surface area (Å²) in [5, 5.41) is 13.7. The molecule has 1 fully saturated rings. The highest BCUT2D eigenvalue weighted by molar-refractivity contribution is 8.26. The molecule has 0 unspecified atom stereocenters. The molecule has 9 heteroatoms. The molecule has 0 spiro atoms. The Morgan fingerprint density at radius 2 is 2.04 bits per heavy atom. The molecule has 0 aliphatic carbocycles. The zero-order valence-corrected chi connectivity index (χ0v) is 14.8. The van der Waals surface area contributed by atoms with E-state index >= 15 is 0 Å². The summed E-state index contributed by atoms with van der Waals surface area (Å²) in [5.74, 6) is -0.770. The molecular formula is C17H12FN3O3S2. The number of carbonyl (C=O) groups excluding carboxylic acids is 1. The highest BCUT2D eigenvalue weighted by Gasteiger charge is 2.32. The number of anilines is 1. The number of thiocarbonyl (C=S) groups is 1. The lowest BCUT2D eigenvalue weighted by atomic mass is 10.2. The summed E-state index contributed by atoms with van der Waals surface area (Å²) in [6.07, 6.45) is 1.46. The molecular weight excluding hydrogens is 377 g/mol. The Hall–Kier alpha value is -2.78. The van der Waals surface area contributed by atoms with Gasteiger partial charge in [-0.15, -0.1) is 0 Å². The first-order valence-electron chi connectivity index (χ1n) is 7.44. The fraction of sp³-hybridized carbons (Fsp3) is 0.0588. The van der Waals surface area contributed by atoms with Gasteiger partial charge in [0.25, 0.3) is 11.6 Å². The van der Waals surface area contributed by atoms with E-state index in [1.54, 1.807) is 30.3 Å². The van der Waals surface area contributed by atoms with Crippen molar-refractivity contribution in [3.8, 4) is 0 Å². The summed E-state index contributed by atoms with van der Waals surface area (Å²) >= 11 is 6.29. The molecule has 1 heterocycles. The second kappa shape index (κ2) is 7.63. The normalized spacial score (nSPS) is 15.6. The van der Waals surface area contributed by atoms with E-state index < -0.39 is 10.7 Å². The molecule has 1 amide bonds. The predicted octanol–water partition coefficient (Wildman–Crippen LogP) is 4.00. The number of halogens is 1. The Bertz CT molecular complexity index is 933. The van der Waals surface area contributed by atoms with E-state index in [0.717, 1.165) is 11.8 Å². The maximum Gasteiger partial charge on any atom is 0.271 e. The summed E-state index contributed by atoms with van der Waals surface area (Å²) in [6.45, 7) is 0.0560. The number of nitro groups is 1. The van der Waals surface area contributed by atoms with Crippen molar-refractivity contribution in [2.45, 2.75) is 0 Å². The molecule has 2 aromatic carbocycles. The monoisotopic (exact) mass is 389 g/mol. The van der Waals surface area contributed by atoms with Crippen LogP contribution in [0.1, 0.15) is 5.56 Å². The average Bonchev–Trinajstić information content (AvgIpc) is 2.89. The Balaban J connectivity index is 1.73. The predicted molar refractivity (Wildman–Crippen MR) is 103 cm³/mol. The van der Waals surface area contributed by atoms with Gasteiger partial charge < -0.3 is 5.32 Å². The van der Waals surface area contributed by atoms with E-state index in [1.807, 2.05) is 0 Å². The first-order chi connectivity index (χ1) is 12.5. The van der Waals surface area contributed by atoms with Crippen LogP contribution in [-0.2, 0) is 4.79 Å². The first-order valence-corrected chi connectivity index (χ1v) is 8.66. The Labute approximate surface area is 157 Å². The number of non-ortho nitro benzene ring substituents is 1. The van der Waals surface area contributed by atoms with Gasteiger partial charge in [-0.2, -0.15) is 0 Å². The lowest BCUT2D eigenvalue weighted by molar-refractivity contribution is -0.384. The van der Waals surface area contributed by atoms with Crippen LogP contribution in [0.2, 0.25) is 0 Å². The van der Waals surface area contributed by atoms with Crippen LogP contribution in [0.3, 0.4) is 0 Å². The third-order valence-electron chi connectivity index (χ3n) is 3.56. The molecule has 1 saturated heterocycles. The van der Waals surface area contributed by atoms with Crippen LogP contribution in [0.15, 0.2) is 53.4 Å². The number of nitrogens with one attached hydrogen (secondary N) is 1. The van der Waals surface area contributed by atoms with E-state index in [1.165, 1.54) is 29.2 Å². The van der Waals surface area contributed by atoms with E-state index in [9.17, 15) is 19.3 Å². The molecule has 0 saturated carbocycles. The molecule has 1 aliphatic heterocycles. The third kappa shape index (κ3) is 3.89. The van der Waals surface area contributed by atoms with Crippen LogP contribution in [0, 0.1) is 15.9 Å². The maximum absolute atomic E-state index is 13.8. The number of hydrogen-bond donors (Lipinski definition) is 1. The van der Waals surface area contributed by atoms with Crippen LogP contribution in [0.4, 0.5) is 15.8 Å². The number of carbonyl (C=O) groups is 1. The highest BCUT2D eigenvalue weighted by atomic mass is 32.2. The van der Waals surface area contributed by atoms with Crippen molar-refractivity contribution in [1.82, 2.24) is 4.90 Å². The molecule has 1 N–H and O–H groups in total. The van der Waals surface area contributed by atoms with E-state index in [2.05, 4.69) is 5.32 Å². The van der Waals surface area contributed by atoms with Crippen molar-refractivity contribution < 1.29 is 14.1 Å². The van der Waals surface area contributed by atoms with Gasteiger partial charge in [0.2, 0.25) is 0 Å². The lowest BCUT2D eigenvalue weighted by Crippen LogP contribution is -2.33. The summed E-state index contributed by atoms with van der Waals surface area (Å²) in [5.41, 5.74) is 0.741. The Morgan fingerprint density at radius 1 is 1.27 bits per heavy atom. The van der Waals surface area contributed by atoms with Gasteiger partial charge in [0.15, 0.2) is 0 Å². The summed E-state index contributed by atoms with van der Waals surface area (Å²) in [4.78, 5) is 24.5. The van der Waals surface area contributed by atoms with Crippen molar-refractivity contribution in [2.24, 2.45) is 0 Å². The molecule has 1 aliphatic rings. The van der Waals surface area contributed by atoms with Gasteiger partial charge in [-0.3, -0.25) is 19.8 Å². The third-order valence-corrected chi connectivity index (χ3v) is 4.94. The molecule has 132 valence electrons. The fourth-order valence-corrected chi connectivity index (χ4v) is 3.52. The summed E-state index contributed by atoms with van der Waals surface area (Å²) < 4.78 is 14.1. The number of amides is 1. The van der Waals surface area contributed by atoms with Gasteiger partial charge in [0.1, 0.15) is 10.1 Å². The van der Waals surface area contributed by atoms with Gasteiger partial charge in [-0.1, -0.05) is 48.2 Å².